The van der Waals surface area contributed by atoms with Crippen LogP contribution in [-0.2, 0) is 5.41 Å². The van der Waals surface area contributed by atoms with Crippen molar-refractivity contribution in [2.24, 2.45) is 4.99 Å². The fourth-order valence-electron chi connectivity index (χ4n) is 3.51. The average Bonchev–Trinajstić information content (AvgIpc) is 3.11. The number of methoxy groups -OCH3 is 2. The minimum Gasteiger partial charge on any atom is -0.493 e. The van der Waals surface area contributed by atoms with Gasteiger partial charge < -0.3 is 20.1 Å². The molecule has 2 unspecified atom stereocenters. The molecule has 0 heterocycles. The molecule has 28 heavy (non-hydrogen) atoms. The van der Waals surface area contributed by atoms with Gasteiger partial charge in [0, 0.05) is 30.3 Å². The van der Waals surface area contributed by atoms with Crippen molar-refractivity contribution >= 4 is 41.7 Å². The second-order valence-electron chi connectivity index (χ2n) is 7.61. The van der Waals surface area contributed by atoms with Gasteiger partial charge in [-0.2, -0.15) is 11.8 Å². The summed E-state index contributed by atoms with van der Waals surface area (Å²) in [5.41, 5.74) is 1.12. The Morgan fingerprint density at radius 2 is 1.93 bits per heavy atom. The highest BCUT2D eigenvalue weighted by Gasteiger charge is 2.26. The van der Waals surface area contributed by atoms with Crippen molar-refractivity contribution in [2.75, 3.05) is 33.6 Å². The molecule has 7 heteroatoms. The Kier molecular flexibility index (Phi) is 10.8. The van der Waals surface area contributed by atoms with Gasteiger partial charge >= 0.3 is 0 Å². The molecule has 1 saturated carbocycles. The summed E-state index contributed by atoms with van der Waals surface area (Å²) in [7, 11) is 5.17. The van der Waals surface area contributed by atoms with E-state index in [1.54, 1.807) is 14.2 Å². The number of aliphatic imine (C=N–C) groups is 1. The lowest BCUT2D eigenvalue weighted by Crippen LogP contribution is -2.46. The number of nitrogens with zero attached hydrogens (tertiary/aromatic N) is 1. The lowest BCUT2D eigenvalue weighted by Gasteiger charge is -2.28. The van der Waals surface area contributed by atoms with E-state index in [1.807, 2.05) is 13.1 Å². The van der Waals surface area contributed by atoms with Crippen molar-refractivity contribution in [3.63, 3.8) is 0 Å². The normalized spacial score (nSPS) is 19.7. The number of benzene rings is 1. The maximum atomic E-state index is 5.45. The molecule has 2 atom stereocenters. The molecule has 0 spiro atoms. The molecule has 0 aliphatic heterocycles. The summed E-state index contributed by atoms with van der Waals surface area (Å²) in [4.78, 5) is 4.42. The highest BCUT2D eigenvalue weighted by molar-refractivity contribution is 14.0. The van der Waals surface area contributed by atoms with E-state index in [4.69, 9.17) is 9.47 Å². The summed E-state index contributed by atoms with van der Waals surface area (Å²) in [5, 5.41) is 7.89. The number of guanidine groups is 1. The van der Waals surface area contributed by atoms with Crippen LogP contribution < -0.4 is 20.1 Å². The molecule has 5 nitrogen and oxygen atoms in total. The largest absolute Gasteiger partial charge is 0.493 e. The molecular formula is C21H36IN3O2S. The summed E-state index contributed by atoms with van der Waals surface area (Å²) in [6.45, 7) is 7.46. The van der Waals surface area contributed by atoms with Crippen LogP contribution in [0.4, 0.5) is 0 Å². The second-order valence-corrected chi connectivity index (χ2v) is 9.19. The minimum absolute atomic E-state index is 0. The summed E-state index contributed by atoms with van der Waals surface area (Å²) < 4.78 is 10.8. The minimum atomic E-state index is -0.0759. The molecule has 0 bridgehead atoms. The number of ether oxygens (including phenoxy) is 2. The summed E-state index contributed by atoms with van der Waals surface area (Å²) in [6.07, 6.45) is 3.74. The van der Waals surface area contributed by atoms with Gasteiger partial charge in [-0.15, -0.1) is 24.0 Å². The molecule has 1 aromatic rings. The van der Waals surface area contributed by atoms with E-state index in [1.165, 1.54) is 30.6 Å². The number of halogens is 1. The van der Waals surface area contributed by atoms with Crippen LogP contribution in [0.5, 0.6) is 11.5 Å². The Balaban J connectivity index is 0.00000392. The zero-order chi connectivity index (χ0) is 19.9. The Labute approximate surface area is 191 Å². The third-order valence-corrected chi connectivity index (χ3v) is 6.45. The van der Waals surface area contributed by atoms with Gasteiger partial charge in [0.15, 0.2) is 17.5 Å². The zero-order valence-corrected chi connectivity index (χ0v) is 21.1. The molecule has 0 saturated heterocycles. The molecule has 1 aliphatic carbocycles. The van der Waals surface area contributed by atoms with Gasteiger partial charge in [-0.25, -0.2) is 0 Å². The first-order valence-corrected chi connectivity index (χ1v) is 10.8. The van der Waals surface area contributed by atoms with Crippen molar-refractivity contribution in [1.29, 1.82) is 0 Å². The molecule has 0 amide bonds. The molecule has 0 aromatic heterocycles. The molecule has 1 fully saturated rings. The lowest BCUT2D eigenvalue weighted by molar-refractivity contribution is 0.353. The first kappa shape index (κ1) is 25.2. The SMILES string of the molecule is CCSC1CCC(NC(=NC)NCC(C)(C)c2ccc(OC)c(OC)c2)C1.I. The van der Waals surface area contributed by atoms with Gasteiger partial charge in [0.1, 0.15) is 0 Å². The predicted octanol–water partition coefficient (Wildman–Crippen LogP) is 4.44. The second kappa shape index (κ2) is 12.0. The number of hydrogen-bond donors (Lipinski definition) is 2. The van der Waals surface area contributed by atoms with Crippen LogP contribution in [0.3, 0.4) is 0 Å². The molecule has 2 rings (SSSR count). The maximum absolute atomic E-state index is 5.45. The van der Waals surface area contributed by atoms with Gasteiger partial charge in [-0.1, -0.05) is 26.8 Å². The fourth-order valence-corrected chi connectivity index (χ4v) is 4.65. The van der Waals surface area contributed by atoms with Crippen LogP contribution in [-0.4, -0.2) is 50.8 Å². The quantitative estimate of drug-likeness (QED) is 0.301. The first-order chi connectivity index (χ1) is 12.9. The van der Waals surface area contributed by atoms with E-state index in [2.05, 4.69) is 60.3 Å². The van der Waals surface area contributed by atoms with Crippen molar-refractivity contribution in [2.45, 2.75) is 56.7 Å². The van der Waals surface area contributed by atoms with E-state index < -0.39 is 0 Å². The summed E-state index contributed by atoms with van der Waals surface area (Å²) in [6, 6.07) is 6.64. The van der Waals surface area contributed by atoms with E-state index in [-0.39, 0.29) is 29.4 Å². The van der Waals surface area contributed by atoms with Crippen LogP contribution in [0.2, 0.25) is 0 Å². The Hall–Kier alpha value is -0.830. The van der Waals surface area contributed by atoms with E-state index >= 15 is 0 Å². The van der Waals surface area contributed by atoms with Crippen molar-refractivity contribution in [3.8, 4) is 11.5 Å². The van der Waals surface area contributed by atoms with Crippen LogP contribution in [0, 0.1) is 0 Å². The number of nitrogens with one attached hydrogen (secondary N) is 2. The van der Waals surface area contributed by atoms with E-state index in [9.17, 15) is 0 Å². The van der Waals surface area contributed by atoms with Crippen molar-refractivity contribution in [1.82, 2.24) is 10.6 Å². The third-order valence-electron chi connectivity index (χ3n) is 5.21. The maximum Gasteiger partial charge on any atom is 0.191 e. The van der Waals surface area contributed by atoms with Gasteiger partial charge in [0.2, 0.25) is 0 Å². The Morgan fingerprint density at radius 1 is 1.21 bits per heavy atom. The predicted molar refractivity (Wildman–Crippen MR) is 132 cm³/mol. The zero-order valence-electron chi connectivity index (χ0n) is 18.0. The number of thioether (sulfide) groups is 1. The highest BCUT2D eigenvalue weighted by Crippen LogP contribution is 2.33. The average molecular weight is 522 g/mol. The first-order valence-electron chi connectivity index (χ1n) is 9.74. The molecule has 1 aromatic carbocycles. The summed E-state index contributed by atoms with van der Waals surface area (Å²) >= 11 is 2.08. The fraction of sp³-hybridized carbons (Fsp3) is 0.667. The third kappa shape index (κ3) is 6.90. The van der Waals surface area contributed by atoms with Crippen LogP contribution in [0.25, 0.3) is 0 Å². The van der Waals surface area contributed by atoms with Gasteiger partial charge in [0.25, 0.3) is 0 Å². The Bertz CT molecular complexity index is 640. The lowest BCUT2D eigenvalue weighted by atomic mass is 9.84. The smallest absolute Gasteiger partial charge is 0.191 e. The highest BCUT2D eigenvalue weighted by atomic mass is 127. The van der Waals surface area contributed by atoms with Gasteiger partial charge in [-0.05, 0) is 42.7 Å². The van der Waals surface area contributed by atoms with E-state index in [0.717, 1.165) is 29.3 Å². The molecule has 160 valence electrons. The van der Waals surface area contributed by atoms with Gasteiger partial charge in [0.05, 0.1) is 14.2 Å². The van der Waals surface area contributed by atoms with Crippen LogP contribution in [0.1, 0.15) is 45.6 Å². The summed E-state index contributed by atoms with van der Waals surface area (Å²) in [5.74, 6) is 3.60. The number of hydrogen-bond acceptors (Lipinski definition) is 4. The van der Waals surface area contributed by atoms with Crippen molar-refractivity contribution < 1.29 is 9.47 Å². The Morgan fingerprint density at radius 3 is 2.54 bits per heavy atom. The topological polar surface area (TPSA) is 54.9 Å². The van der Waals surface area contributed by atoms with Gasteiger partial charge in [-0.3, -0.25) is 4.99 Å². The van der Waals surface area contributed by atoms with Crippen LogP contribution >= 0.6 is 35.7 Å². The monoisotopic (exact) mass is 521 g/mol. The number of rotatable bonds is 8. The standard InChI is InChI=1S/C21H35N3O2S.HI/c1-7-27-17-10-9-16(13-17)24-20(22-4)23-14-21(2,3)15-8-11-18(25-5)19(12-15)26-6;/h8,11-12,16-17H,7,9-10,13-14H2,1-6H3,(H2,22,23,24);1H. The van der Waals surface area contributed by atoms with E-state index in [0.29, 0.717) is 6.04 Å². The molecule has 0 radical (unpaired) electrons. The molecule has 1 aliphatic rings. The molecular weight excluding hydrogens is 485 g/mol. The van der Waals surface area contributed by atoms with Crippen molar-refractivity contribution in [3.05, 3.63) is 23.8 Å². The molecule has 2 N–H and O–H groups in total. The van der Waals surface area contributed by atoms with Crippen LogP contribution in [0.15, 0.2) is 23.2 Å².